The summed E-state index contributed by atoms with van der Waals surface area (Å²) in [5.74, 6) is 5.18. The van der Waals surface area contributed by atoms with Crippen LogP contribution < -0.4 is 10.6 Å². The molecule has 0 aromatic rings. The molecule has 0 aromatic heterocycles. The molecular weight excluding hydrogens is 360 g/mol. The largest absolute Gasteiger partial charge is 0.352 e. The van der Waals surface area contributed by atoms with Gasteiger partial charge < -0.3 is 10.6 Å². The molecule has 1 atom stereocenters. The smallest absolute Gasteiger partial charge is 0.239 e. The van der Waals surface area contributed by atoms with E-state index < -0.39 is 0 Å². The minimum Gasteiger partial charge on any atom is -0.352 e. The number of rotatable bonds is 5. The average molecular weight is 399 g/mol. The monoisotopic (exact) mass is 398 g/mol. The topological polar surface area (TPSA) is 58.2 Å². The molecule has 0 spiro atoms. The van der Waals surface area contributed by atoms with Crippen molar-refractivity contribution in [2.45, 2.75) is 90.0 Å². The SMILES string of the molecule is CC(NC(=O)CNC(=O)C12CC3CC(CC(C3)C1)C2)C12CC3CC(CC(C3)C1)C2. The lowest BCUT2D eigenvalue weighted by Crippen LogP contribution is -2.57. The van der Waals surface area contributed by atoms with E-state index in [9.17, 15) is 9.59 Å². The summed E-state index contributed by atoms with van der Waals surface area (Å²) in [6.07, 6.45) is 15.4. The first-order valence-electron chi connectivity index (χ1n) is 12.5. The Morgan fingerprint density at radius 3 is 1.62 bits per heavy atom. The molecular formula is C25H38N2O2. The van der Waals surface area contributed by atoms with Gasteiger partial charge in [0.1, 0.15) is 0 Å². The van der Waals surface area contributed by atoms with Crippen LogP contribution in [-0.4, -0.2) is 24.4 Å². The third-order valence-corrected chi connectivity index (χ3v) is 10.3. The van der Waals surface area contributed by atoms with Crippen LogP contribution in [0.15, 0.2) is 0 Å². The number of carbonyl (C=O) groups excluding carboxylic acids is 2. The standard InChI is InChI=1S/C25H38N2O2/c1-15(24-8-16-2-17(9-24)4-18(3-16)10-24)27-22(28)14-26-23(29)25-11-19-5-20(12-25)7-21(6-19)13-25/h15-21H,2-14H2,1H3,(H,26,29)(H,27,28). The first-order chi connectivity index (χ1) is 13.9. The highest BCUT2D eigenvalue weighted by molar-refractivity contribution is 5.88. The molecule has 0 heterocycles. The minimum atomic E-state index is -0.152. The molecule has 0 aliphatic heterocycles. The van der Waals surface area contributed by atoms with Crippen molar-refractivity contribution in [3.63, 3.8) is 0 Å². The molecule has 2 amide bonds. The van der Waals surface area contributed by atoms with Crippen LogP contribution in [0.3, 0.4) is 0 Å². The Labute approximate surface area is 175 Å². The van der Waals surface area contributed by atoms with Gasteiger partial charge in [0, 0.05) is 11.5 Å². The van der Waals surface area contributed by atoms with Gasteiger partial charge in [0.2, 0.25) is 11.8 Å². The van der Waals surface area contributed by atoms with E-state index in [2.05, 4.69) is 17.6 Å². The van der Waals surface area contributed by atoms with Crippen LogP contribution in [0.5, 0.6) is 0 Å². The van der Waals surface area contributed by atoms with Gasteiger partial charge in [-0.3, -0.25) is 9.59 Å². The second-order valence-electron chi connectivity index (χ2n) is 12.4. The van der Waals surface area contributed by atoms with Gasteiger partial charge in [-0.05, 0) is 125 Å². The highest BCUT2D eigenvalue weighted by Gasteiger charge is 2.55. The van der Waals surface area contributed by atoms with Crippen LogP contribution >= 0.6 is 0 Å². The van der Waals surface area contributed by atoms with Crippen LogP contribution in [0.25, 0.3) is 0 Å². The highest BCUT2D eigenvalue weighted by Crippen LogP contribution is 2.61. The zero-order chi connectivity index (χ0) is 19.8. The molecule has 8 aliphatic rings. The highest BCUT2D eigenvalue weighted by atomic mass is 16.2. The summed E-state index contributed by atoms with van der Waals surface area (Å²) in [5.41, 5.74) is 0.176. The predicted molar refractivity (Wildman–Crippen MR) is 112 cm³/mol. The second kappa shape index (κ2) is 6.47. The number of amides is 2. The number of hydrogen-bond donors (Lipinski definition) is 2. The van der Waals surface area contributed by atoms with Crippen LogP contribution in [0.2, 0.25) is 0 Å². The van der Waals surface area contributed by atoms with Gasteiger partial charge in [-0.25, -0.2) is 0 Å². The lowest BCUT2D eigenvalue weighted by Gasteiger charge is -2.59. The molecule has 0 radical (unpaired) electrons. The Morgan fingerprint density at radius 2 is 1.17 bits per heavy atom. The molecule has 4 heteroatoms. The predicted octanol–water partition coefficient (Wildman–Crippen LogP) is 4.04. The summed E-state index contributed by atoms with van der Waals surface area (Å²) in [6.45, 7) is 2.39. The Kier molecular flexibility index (Phi) is 4.17. The Bertz CT molecular complexity index is 643. The van der Waals surface area contributed by atoms with Crippen molar-refractivity contribution in [3.8, 4) is 0 Å². The normalized spacial score (nSPS) is 49.8. The molecule has 0 aromatic carbocycles. The van der Waals surface area contributed by atoms with Crippen molar-refractivity contribution in [2.24, 2.45) is 46.3 Å². The molecule has 2 N–H and O–H groups in total. The zero-order valence-electron chi connectivity index (χ0n) is 18.1. The summed E-state index contributed by atoms with van der Waals surface area (Å²) in [7, 11) is 0. The second-order valence-corrected chi connectivity index (χ2v) is 12.4. The van der Waals surface area contributed by atoms with Gasteiger partial charge in [0.25, 0.3) is 0 Å². The first-order valence-corrected chi connectivity index (χ1v) is 12.5. The van der Waals surface area contributed by atoms with Gasteiger partial charge >= 0.3 is 0 Å². The molecule has 29 heavy (non-hydrogen) atoms. The Balaban J connectivity index is 1.05. The number of carbonyl (C=O) groups is 2. The number of nitrogens with one attached hydrogen (secondary N) is 2. The zero-order valence-corrected chi connectivity index (χ0v) is 18.1. The lowest BCUT2D eigenvalue weighted by molar-refractivity contribution is -0.147. The van der Waals surface area contributed by atoms with Crippen molar-refractivity contribution >= 4 is 11.8 Å². The summed E-state index contributed by atoms with van der Waals surface area (Å²) >= 11 is 0. The molecule has 4 nitrogen and oxygen atoms in total. The molecule has 8 fully saturated rings. The fourth-order valence-electron chi connectivity index (χ4n) is 9.89. The van der Waals surface area contributed by atoms with Gasteiger partial charge in [-0.15, -0.1) is 0 Å². The quantitative estimate of drug-likeness (QED) is 0.734. The van der Waals surface area contributed by atoms with Gasteiger partial charge in [-0.2, -0.15) is 0 Å². The Hall–Kier alpha value is -1.06. The van der Waals surface area contributed by atoms with Crippen molar-refractivity contribution in [1.82, 2.24) is 10.6 Å². The van der Waals surface area contributed by atoms with E-state index in [0.717, 1.165) is 54.8 Å². The van der Waals surface area contributed by atoms with E-state index in [1.54, 1.807) is 0 Å². The van der Waals surface area contributed by atoms with E-state index in [-0.39, 0.29) is 29.8 Å². The van der Waals surface area contributed by atoms with E-state index in [0.29, 0.717) is 5.41 Å². The van der Waals surface area contributed by atoms with Crippen LogP contribution in [-0.2, 0) is 9.59 Å². The molecule has 0 saturated heterocycles. The average Bonchev–Trinajstić information content (AvgIpc) is 2.64. The third kappa shape index (κ3) is 3.07. The maximum Gasteiger partial charge on any atom is 0.239 e. The van der Waals surface area contributed by atoms with Crippen molar-refractivity contribution in [3.05, 3.63) is 0 Å². The van der Waals surface area contributed by atoms with Gasteiger partial charge in [-0.1, -0.05) is 0 Å². The van der Waals surface area contributed by atoms with E-state index in [4.69, 9.17) is 0 Å². The van der Waals surface area contributed by atoms with Crippen molar-refractivity contribution in [1.29, 1.82) is 0 Å². The molecule has 8 aliphatic carbocycles. The van der Waals surface area contributed by atoms with Gasteiger partial charge in [0.15, 0.2) is 0 Å². The fourth-order valence-corrected chi connectivity index (χ4v) is 9.89. The van der Waals surface area contributed by atoms with E-state index >= 15 is 0 Å². The fraction of sp³-hybridized carbons (Fsp3) is 0.920. The first kappa shape index (κ1) is 18.7. The Morgan fingerprint density at radius 1 is 0.759 bits per heavy atom. The maximum absolute atomic E-state index is 13.1. The molecule has 8 bridgehead atoms. The van der Waals surface area contributed by atoms with Crippen LogP contribution in [0.4, 0.5) is 0 Å². The van der Waals surface area contributed by atoms with Crippen molar-refractivity contribution < 1.29 is 9.59 Å². The van der Waals surface area contributed by atoms with Crippen LogP contribution in [0, 0.1) is 46.3 Å². The third-order valence-electron chi connectivity index (χ3n) is 10.3. The van der Waals surface area contributed by atoms with Gasteiger partial charge in [0.05, 0.1) is 6.54 Å². The molecule has 160 valence electrons. The minimum absolute atomic E-state index is 0.0197. The van der Waals surface area contributed by atoms with Crippen LogP contribution in [0.1, 0.15) is 84.0 Å². The molecule has 8 saturated carbocycles. The number of hydrogen-bond acceptors (Lipinski definition) is 2. The molecule has 1 unspecified atom stereocenters. The summed E-state index contributed by atoms with van der Waals surface area (Å²) in [4.78, 5) is 25.9. The van der Waals surface area contributed by atoms with Crippen molar-refractivity contribution in [2.75, 3.05) is 6.54 Å². The summed E-state index contributed by atoms with van der Waals surface area (Å²) in [6, 6.07) is 0.236. The summed E-state index contributed by atoms with van der Waals surface area (Å²) in [5, 5.41) is 6.38. The molecule has 8 rings (SSSR count). The van der Waals surface area contributed by atoms with E-state index in [1.165, 1.54) is 57.8 Å². The maximum atomic E-state index is 13.1. The lowest BCUT2D eigenvalue weighted by atomic mass is 9.48. The van der Waals surface area contributed by atoms with E-state index in [1.807, 2.05) is 0 Å². The summed E-state index contributed by atoms with van der Waals surface area (Å²) < 4.78 is 0.